The summed E-state index contributed by atoms with van der Waals surface area (Å²) in [6, 6.07) is 0. The first-order valence-corrected chi connectivity index (χ1v) is 3.51. The molecule has 1 unspecified atom stereocenters. The van der Waals surface area contributed by atoms with Crippen LogP contribution in [0.2, 0.25) is 0 Å². The van der Waals surface area contributed by atoms with Crippen LogP contribution >= 0.6 is 0 Å². The molecule has 0 amide bonds. The van der Waals surface area contributed by atoms with Crippen LogP contribution in [0.25, 0.3) is 0 Å². The van der Waals surface area contributed by atoms with E-state index in [1.807, 2.05) is 0 Å². The maximum absolute atomic E-state index is 10.5. The van der Waals surface area contributed by atoms with Gasteiger partial charge in [-0.2, -0.15) is 0 Å². The summed E-state index contributed by atoms with van der Waals surface area (Å²) >= 11 is 0. The van der Waals surface area contributed by atoms with E-state index in [9.17, 15) is 4.79 Å². The Morgan fingerprint density at radius 2 is 2.56 bits per heavy atom. The van der Waals surface area contributed by atoms with E-state index < -0.39 is 0 Å². The molecule has 0 spiro atoms. The van der Waals surface area contributed by atoms with E-state index in [0.29, 0.717) is 6.61 Å². The van der Waals surface area contributed by atoms with Crippen molar-refractivity contribution in [1.82, 2.24) is 0 Å². The first-order valence-electron chi connectivity index (χ1n) is 3.51. The van der Waals surface area contributed by atoms with Crippen molar-refractivity contribution in [3.05, 3.63) is 0 Å². The van der Waals surface area contributed by atoms with Crippen molar-refractivity contribution in [3.63, 3.8) is 0 Å². The number of esters is 1. The largest absolute Gasteiger partial charge is 0.464 e. The van der Waals surface area contributed by atoms with E-state index in [4.69, 9.17) is 0 Å². The third-order valence-corrected chi connectivity index (χ3v) is 1.67. The van der Waals surface area contributed by atoms with Gasteiger partial charge in [-0.3, -0.25) is 4.79 Å². The van der Waals surface area contributed by atoms with Gasteiger partial charge in [0.25, 0.3) is 0 Å². The van der Waals surface area contributed by atoms with Gasteiger partial charge in [-0.1, -0.05) is 19.8 Å². The first-order chi connectivity index (χ1) is 4.34. The third-order valence-electron chi connectivity index (χ3n) is 1.67. The Morgan fingerprint density at radius 3 is 2.89 bits per heavy atom. The number of unbranched alkanes of at least 4 members (excludes halogenated alkanes) is 1. The standard InChI is InChI=1S/C7H12O2/c1-2-3-4-6-5-9-7(6)8/h6H,2-5H2,1H3. The average Bonchev–Trinajstić information content (AvgIpc) is 1.86. The molecule has 0 N–H and O–H groups in total. The lowest BCUT2D eigenvalue weighted by Gasteiger charge is -2.23. The molecule has 0 aromatic carbocycles. The van der Waals surface area contributed by atoms with Crippen molar-refractivity contribution in [1.29, 1.82) is 0 Å². The van der Waals surface area contributed by atoms with Gasteiger partial charge >= 0.3 is 5.97 Å². The molecule has 0 aromatic rings. The lowest BCUT2D eigenvalue weighted by Crippen LogP contribution is -2.34. The molecule has 2 nitrogen and oxygen atoms in total. The highest BCUT2D eigenvalue weighted by Crippen LogP contribution is 2.18. The molecule has 0 radical (unpaired) electrons. The van der Waals surface area contributed by atoms with Crippen molar-refractivity contribution >= 4 is 5.97 Å². The lowest BCUT2D eigenvalue weighted by atomic mass is 10.0. The molecule has 1 atom stereocenters. The van der Waals surface area contributed by atoms with Gasteiger partial charge in [0.2, 0.25) is 0 Å². The van der Waals surface area contributed by atoms with Crippen LogP contribution in [0.5, 0.6) is 0 Å². The Morgan fingerprint density at radius 1 is 1.78 bits per heavy atom. The van der Waals surface area contributed by atoms with Gasteiger partial charge in [0.15, 0.2) is 0 Å². The average molecular weight is 128 g/mol. The second-order valence-electron chi connectivity index (χ2n) is 2.47. The first kappa shape index (κ1) is 6.59. The topological polar surface area (TPSA) is 26.3 Å². The quantitative estimate of drug-likeness (QED) is 0.536. The van der Waals surface area contributed by atoms with Crippen LogP contribution in [0.1, 0.15) is 26.2 Å². The van der Waals surface area contributed by atoms with Crippen molar-refractivity contribution in [2.75, 3.05) is 6.61 Å². The summed E-state index contributed by atoms with van der Waals surface area (Å²) < 4.78 is 4.60. The Balaban J connectivity index is 2.06. The Bertz CT molecular complexity index is 109. The van der Waals surface area contributed by atoms with Crippen LogP contribution in [-0.4, -0.2) is 12.6 Å². The maximum Gasteiger partial charge on any atom is 0.312 e. The van der Waals surface area contributed by atoms with Gasteiger partial charge < -0.3 is 4.74 Å². The van der Waals surface area contributed by atoms with E-state index >= 15 is 0 Å². The van der Waals surface area contributed by atoms with Crippen LogP contribution < -0.4 is 0 Å². The van der Waals surface area contributed by atoms with E-state index in [-0.39, 0.29) is 11.9 Å². The van der Waals surface area contributed by atoms with E-state index in [2.05, 4.69) is 11.7 Å². The number of rotatable bonds is 3. The smallest absolute Gasteiger partial charge is 0.312 e. The van der Waals surface area contributed by atoms with E-state index in [1.165, 1.54) is 6.42 Å². The molecular formula is C7H12O2. The Kier molecular flexibility index (Phi) is 2.09. The molecule has 1 aliphatic heterocycles. The van der Waals surface area contributed by atoms with Crippen molar-refractivity contribution in [2.24, 2.45) is 5.92 Å². The van der Waals surface area contributed by atoms with Crippen LogP contribution in [0.3, 0.4) is 0 Å². The molecule has 0 bridgehead atoms. The highest BCUT2D eigenvalue weighted by Gasteiger charge is 2.29. The number of carbonyl (C=O) groups excluding carboxylic acids is 1. The van der Waals surface area contributed by atoms with Gasteiger partial charge in [-0.15, -0.1) is 0 Å². The highest BCUT2D eigenvalue weighted by atomic mass is 16.6. The molecular weight excluding hydrogens is 116 g/mol. The minimum atomic E-state index is 0.00319. The lowest BCUT2D eigenvalue weighted by molar-refractivity contribution is -0.169. The predicted octanol–water partition coefficient (Wildman–Crippen LogP) is 1.35. The van der Waals surface area contributed by atoms with Crippen LogP contribution in [0, 0.1) is 5.92 Å². The molecule has 52 valence electrons. The van der Waals surface area contributed by atoms with Crippen LogP contribution in [0.15, 0.2) is 0 Å². The molecule has 2 heteroatoms. The second-order valence-corrected chi connectivity index (χ2v) is 2.47. The molecule has 1 fully saturated rings. The summed E-state index contributed by atoms with van der Waals surface area (Å²) in [5, 5.41) is 0. The van der Waals surface area contributed by atoms with Gasteiger partial charge in [0.1, 0.15) is 6.61 Å². The molecule has 1 aliphatic rings. The van der Waals surface area contributed by atoms with Crippen LogP contribution in [0.4, 0.5) is 0 Å². The minimum absolute atomic E-state index is 0.00319. The fourth-order valence-corrected chi connectivity index (χ4v) is 0.921. The number of hydrogen-bond donors (Lipinski definition) is 0. The van der Waals surface area contributed by atoms with Crippen molar-refractivity contribution in [2.45, 2.75) is 26.2 Å². The minimum Gasteiger partial charge on any atom is -0.464 e. The SMILES string of the molecule is CCCCC1COC1=O. The molecule has 9 heavy (non-hydrogen) atoms. The summed E-state index contributed by atoms with van der Waals surface area (Å²) in [5.74, 6) is 0.244. The monoisotopic (exact) mass is 128 g/mol. The van der Waals surface area contributed by atoms with Crippen LogP contribution in [-0.2, 0) is 9.53 Å². The summed E-state index contributed by atoms with van der Waals surface area (Å²) in [7, 11) is 0. The second kappa shape index (κ2) is 2.85. The van der Waals surface area contributed by atoms with E-state index in [1.54, 1.807) is 0 Å². The number of carbonyl (C=O) groups is 1. The fourth-order valence-electron chi connectivity index (χ4n) is 0.921. The normalized spacial score (nSPS) is 25.0. The van der Waals surface area contributed by atoms with E-state index in [0.717, 1.165) is 12.8 Å². The summed E-state index contributed by atoms with van der Waals surface area (Å²) in [4.78, 5) is 10.5. The maximum atomic E-state index is 10.5. The zero-order valence-corrected chi connectivity index (χ0v) is 5.72. The molecule has 1 heterocycles. The number of hydrogen-bond acceptors (Lipinski definition) is 2. The molecule has 0 saturated carbocycles. The van der Waals surface area contributed by atoms with Gasteiger partial charge in [-0.05, 0) is 6.42 Å². The third kappa shape index (κ3) is 1.44. The van der Waals surface area contributed by atoms with Gasteiger partial charge in [0, 0.05) is 0 Å². The Hall–Kier alpha value is -0.530. The predicted molar refractivity (Wildman–Crippen MR) is 34.0 cm³/mol. The number of cyclic esters (lactones) is 1. The van der Waals surface area contributed by atoms with Crippen molar-refractivity contribution < 1.29 is 9.53 Å². The van der Waals surface area contributed by atoms with Gasteiger partial charge in [0.05, 0.1) is 5.92 Å². The fraction of sp³-hybridized carbons (Fsp3) is 0.857. The Labute approximate surface area is 55.2 Å². The zero-order chi connectivity index (χ0) is 6.69. The molecule has 1 rings (SSSR count). The summed E-state index contributed by atoms with van der Waals surface area (Å²) in [6.45, 7) is 2.79. The molecule has 1 saturated heterocycles. The van der Waals surface area contributed by atoms with Crippen molar-refractivity contribution in [3.8, 4) is 0 Å². The highest BCUT2D eigenvalue weighted by molar-refractivity contribution is 5.77. The molecule has 0 aromatic heterocycles. The van der Waals surface area contributed by atoms with Gasteiger partial charge in [-0.25, -0.2) is 0 Å². The number of ether oxygens (including phenoxy) is 1. The zero-order valence-electron chi connectivity index (χ0n) is 5.72. The molecule has 0 aliphatic carbocycles. The summed E-state index contributed by atoms with van der Waals surface area (Å²) in [5.41, 5.74) is 0. The summed E-state index contributed by atoms with van der Waals surface area (Å²) in [6.07, 6.45) is 3.35.